The minimum absolute atomic E-state index is 0.189. The van der Waals surface area contributed by atoms with Crippen molar-refractivity contribution in [3.8, 4) is 10.6 Å². The third-order valence-electron chi connectivity index (χ3n) is 5.68. The summed E-state index contributed by atoms with van der Waals surface area (Å²) in [7, 11) is 0. The van der Waals surface area contributed by atoms with Crippen LogP contribution in [0.5, 0.6) is 0 Å². The van der Waals surface area contributed by atoms with Crippen LogP contribution in [0.25, 0.3) is 10.6 Å². The second-order valence-corrected chi connectivity index (χ2v) is 8.71. The van der Waals surface area contributed by atoms with E-state index in [1.165, 1.54) is 6.42 Å². The Morgan fingerprint density at radius 1 is 1.17 bits per heavy atom. The van der Waals surface area contributed by atoms with Gasteiger partial charge in [0.1, 0.15) is 5.01 Å². The first-order valence-corrected chi connectivity index (χ1v) is 11.0. The number of hydrogen-bond donors (Lipinski definition) is 4. The number of hydrogen-bond acceptors (Lipinski definition) is 8. The largest absolute Gasteiger partial charge is 0.357 e. The van der Waals surface area contributed by atoms with Gasteiger partial charge in [-0.05, 0) is 49.4 Å². The highest BCUT2D eigenvalue weighted by atomic mass is 32.1. The summed E-state index contributed by atoms with van der Waals surface area (Å²) in [5.41, 5.74) is 8.79. The number of benzene rings is 1. The van der Waals surface area contributed by atoms with E-state index in [0.29, 0.717) is 29.3 Å². The molecule has 8 nitrogen and oxygen atoms in total. The Kier molecular flexibility index (Phi) is 5.39. The van der Waals surface area contributed by atoms with E-state index in [2.05, 4.69) is 36.7 Å². The molecule has 1 saturated carbocycles. The average Bonchev–Trinajstić information content (AvgIpc) is 3.44. The molecule has 5 rings (SSSR count). The number of rotatable bonds is 5. The summed E-state index contributed by atoms with van der Waals surface area (Å²) in [6, 6.07) is 12.2. The van der Waals surface area contributed by atoms with Gasteiger partial charge in [0.05, 0.1) is 5.56 Å². The van der Waals surface area contributed by atoms with Crippen molar-refractivity contribution in [1.29, 1.82) is 0 Å². The van der Waals surface area contributed by atoms with Gasteiger partial charge < -0.3 is 10.6 Å². The molecular formula is C21H23N7OS. The number of amides is 1. The summed E-state index contributed by atoms with van der Waals surface area (Å²) in [4.78, 5) is 16.4. The number of fused-ring (bicyclic) bond motifs is 1. The fourth-order valence-corrected chi connectivity index (χ4v) is 4.95. The molecule has 2 aliphatic rings. The monoisotopic (exact) mass is 421 g/mol. The number of pyridine rings is 1. The summed E-state index contributed by atoms with van der Waals surface area (Å²) >= 11 is 1.54. The maximum absolute atomic E-state index is 12.4. The lowest BCUT2D eigenvalue weighted by atomic mass is 9.83. The molecule has 0 bridgehead atoms. The predicted octanol–water partition coefficient (Wildman–Crippen LogP) is 2.91. The van der Waals surface area contributed by atoms with E-state index >= 15 is 0 Å². The Bertz CT molecular complexity index is 1020. The van der Waals surface area contributed by atoms with Gasteiger partial charge in [0, 0.05) is 42.3 Å². The number of hydrazine groups is 1. The molecule has 1 aliphatic carbocycles. The lowest BCUT2D eigenvalue weighted by Gasteiger charge is -2.30. The molecule has 154 valence electrons. The molecule has 3 unspecified atom stereocenters. The minimum atomic E-state index is -0.189. The predicted molar refractivity (Wildman–Crippen MR) is 117 cm³/mol. The van der Waals surface area contributed by atoms with Crippen LogP contribution in [-0.4, -0.2) is 39.7 Å². The van der Waals surface area contributed by atoms with Crippen LogP contribution < -0.4 is 21.5 Å². The van der Waals surface area contributed by atoms with Gasteiger partial charge in [-0.2, -0.15) is 0 Å². The lowest BCUT2D eigenvalue weighted by molar-refractivity contribution is 0.102. The van der Waals surface area contributed by atoms with Gasteiger partial charge in [-0.1, -0.05) is 23.5 Å². The number of anilines is 2. The van der Waals surface area contributed by atoms with Gasteiger partial charge >= 0.3 is 0 Å². The fraction of sp³-hybridized carbons (Fsp3) is 0.333. The third-order valence-corrected chi connectivity index (χ3v) is 6.58. The van der Waals surface area contributed by atoms with E-state index in [1.807, 2.05) is 24.3 Å². The highest BCUT2D eigenvalue weighted by Gasteiger charge is 2.34. The van der Waals surface area contributed by atoms with Gasteiger partial charge in [-0.3, -0.25) is 20.6 Å². The Balaban J connectivity index is 1.25. The maximum Gasteiger partial charge on any atom is 0.257 e. The summed E-state index contributed by atoms with van der Waals surface area (Å²) in [5.74, 6) is 0.482. The van der Waals surface area contributed by atoms with Crippen molar-refractivity contribution in [2.75, 3.05) is 17.2 Å². The number of nitrogens with one attached hydrogen (secondary N) is 4. The first-order chi connectivity index (χ1) is 14.7. The Morgan fingerprint density at radius 3 is 3.03 bits per heavy atom. The van der Waals surface area contributed by atoms with Crippen molar-refractivity contribution in [3.05, 3.63) is 54.4 Å². The number of aromatic nitrogens is 3. The van der Waals surface area contributed by atoms with Crippen molar-refractivity contribution in [1.82, 2.24) is 26.0 Å². The van der Waals surface area contributed by atoms with E-state index in [9.17, 15) is 4.79 Å². The Hall–Kier alpha value is -2.88. The van der Waals surface area contributed by atoms with Crippen LogP contribution in [0.15, 0.2) is 48.8 Å². The highest BCUT2D eigenvalue weighted by molar-refractivity contribution is 7.18. The molecule has 3 aromatic rings. The zero-order valence-electron chi connectivity index (χ0n) is 16.3. The van der Waals surface area contributed by atoms with E-state index in [-0.39, 0.29) is 5.91 Å². The topological polar surface area (TPSA) is 104 Å². The van der Waals surface area contributed by atoms with Gasteiger partial charge in [0.25, 0.3) is 5.91 Å². The van der Waals surface area contributed by atoms with Crippen LogP contribution in [-0.2, 0) is 0 Å². The summed E-state index contributed by atoms with van der Waals surface area (Å²) in [6.07, 6.45) is 6.62. The molecule has 4 N–H and O–H groups in total. The molecule has 3 atom stereocenters. The highest BCUT2D eigenvalue weighted by Crippen LogP contribution is 2.32. The molecule has 0 radical (unpaired) electrons. The van der Waals surface area contributed by atoms with Gasteiger partial charge in [-0.25, -0.2) is 0 Å². The standard InChI is InChI=1S/C21H23N7OS/c29-19(14-4-2-8-22-11-14)24-16-5-1-3-13(9-16)20-27-28-21(30-20)25-17-6-7-18-15(10-17)12-23-26-18/h1-5,8-9,11,15,17-18,23,26H,6-7,10,12H2,(H,24,29)(H,25,28). The van der Waals surface area contributed by atoms with Crippen LogP contribution >= 0.6 is 11.3 Å². The zero-order valence-corrected chi connectivity index (χ0v) is 17.2. The van der Waals surface area contributed by atoms with Crippen molar-refractivity contribution in [2.45, 2.75) is 31.3 Å². The van der Waals surface area contributed by atoms with Crippen LogP contribution in [0.4, 0.5) is 10.8 Å². The molecule has 9 heteroatoms. The quantitative estimate of drug-likeness (QED) is 0.502. The second kappa shape index (κ2) is 8.47. The van der Waals surface area contributed by atoms with Crippen molar-refractivity contribution < 1.29 is 4.79 Å². The van der Waals surface area contributed by atoms with Crippen LogP contribution in [0, 0.1) is 5.92 Å². The molecule has 2 fully saturated rings. The summed E-state index contributed by atoms with van der Waals surface area (Å²) < 4.78 is 0. The molecule has 1 aromatic carbocycles. The Morgan fingerprint density at radius 2 is 2.13 bits per heavy atom. The third kappa shape index (κ3) is 4.18. The van der Waals surface area contributed by atoms with Crippen molar-refractivity contribution in [2.24, 2.45) is 5.92 Å². The fourth-order valence-electron chi connectivity index (χ4n) is 4.13. The number of carbonyl (C=O) groups is 1. The average molecular weight is 422 g/mol. The molecule has 30 heavy (non-hydrogen) atoms. The summed E-state index contributed by atoms with van der Waals surface area (Å²) in [6.45, 7) is 1.03. The first-order valence-electron chi connectivity index (χ1n) is 10.1. The SMILES string of the molecule is O=C(Nc1cccc(-c2nnc(NC3CCC4NNCC4C3)s2)c1)c1cccnc1. The van der Waals surface area contributed by atoms with Gasteiger partial charge in [-0.15, -0.1) is 10.2 Å². The number of carbonyl (C=O) groups excluding carboxylic acids is 1. The molecule has 1 amide bonds. The lowest BCUT2D eigenvalue weighted by Crippen LogP contribution is -2.39. The molecule has 2 aromatic heterocycles. The summed E-state index contributed by atoms with van der Waals surface area (Å²) in [5, 5.41) is 16.8. The maximum atomic E-state index is 12.4. The smallest absolute Gasteiger partial charge is 0.257 e. The van der Waals surface area contributed by atoms with Crippen molar-refractivity contribution >= 4 is 28.1 Å². The van der Waals surface area contributed by atoms with E-state index in [4.69, 9.17) is 0 Å². The Labute approximate surface area is 178 Å². The van der Waals surface area contributed by atoms with Crippen LogP contribution in [0.1, 0.15) is 29.6 Å². The zero-order chi connectivity index (χ0) is 20.3. The van der Waals surface area contributed by atoms with Gasteiger partial charge in [0.2, 0.25) is 5.13 Å². The second-order valence-electron chi connectivity index (χ2n) is 7.74. The molecule has 1 aliphatic heterocycles. The van der Waals surface area contributed by atoms with Crippen molar-refractivity contribution in [3.63, 3.8) is 0 Å². The molecular weight excluding hydrogens is 398 g/mol. The minimum Gasteiger partial charge on any atom is -0.357 e. The van der Waals surface area contributed by atoms with Gasteiger partial charge in [0.15, 0.2) is 0 Å². The molecule has 0 spiro atoms. The normalized spacial score (nSPS) is 23.0. The van der Waals surface area contributed by atoms with Crippen LogP contribution in [0.3, 0.4) is 0 Å². The van der Waals surface area contributed by atoms with E-state index < -0.39 is 0 Å². The molecule has 3 heterocycles. The first kappa shape index (κ1) is 19.1. The van der Waals surface area contributed by atoms with Crippen LogP contribution in [0.2, 0.25) is 0 Å². The van der Waals surface area contributed by atoms with E-state index in [1.54, 1.807) is 35.9 Å². The number of nitrogens with zero attached hydrogens (tertiary/aromatic N) is 3. The molecule has 1 saturated heterocycles. The van der Waals surface area contributed by atoms with E-state index in [0.717, 1.165) is 35.1 Å².